The number of nitrogens with two attached hydrogens (primary N) is 1. The predicted octanol–water partition coefficient (Wildman–Crippen LogP) is 0.637. The van der Waals surface area contributed by atoms with Crippen molar-refractivity contribution >= 4 is 0 Å². The molecular weight excluding hydrogens is 112 g/mol. The first-order valence-electron chi connectivity index (χ1n) is 3.45. The van der Waals surface area contributed by atoms with Crippen LogP contribution < -0.4 is 5.73 Å². The van der Waals surface area contributed by atoms with E-state index in [1.54, 1.807) is 0 Å². The molecule has 0 aromatic carbocycles. The molecule has 3 atom stereocenters. The fourth-order valence-electron chi connectivity index (χ4n) is 2.12. The summed E-state index contributed by atoms with van der Waals surface area (Å²) in [5, 5.41) is 8.68. The van der Waals surface area contributed by atoms with Crippen molar-refractivity contribution in [2.75, 3.05) is 0 Å². The van der Waals surface area contributed by atoms with Gasteiger partial charge in [-0.2, -0.15) is 5.26 Å². The molecule has 2 saturated carbocycles. The predicted molar refractivity (Wildman–Crippen MR) is 33.4 cm³/mol. The van der Waals surface area contributed by atoms with Crippen molar-refractivity contribution in [3.63, 3.8) is 0 Å². The Hall–Kier alpha value is -0.550. The van der Waals surface area contributed by atoms with Gasteiger partial charge in [0.2, 0.25) is 0 Å². The maximum atomic E-state index is 8.68. The van der Waals surface area contributed by atoms with E-state index in [4.69, 9.17) is 11.0 Å². The van der Waals surface area contributed by atoms with Gasteiger partial charge in [0, 0.05) is 6.04 Å². The Morgan fingerprint density at radius 3 is 2.56 bits per heavy atom. The molecule has 2 fully saturated rings. The maximum Gasteiger partial charge on any atom is 0.0693 e. The molecule has 2 N–H and O–H groups in total. The van der Waals surface area contributed by atoms with Gasteiger partial charge in [-0.05, 0) is 25.2 Å². The van der Waals surface area contributed by atoms with Crippen molar-refractivity contribution in [2.45, 2.75) is 25.3 Å². The molecule has 0 bridgehead atoms. The molecule has 0 heterocycles. The highest BCUT2D eigenvalue weighted by Crippen LogP contribution is 2.59. The van der Waals surface area contributed by atoms with Crippen LogP contribution >= 0.6 is 0 Å². The van der Waals surface area contributed by atoms with Gasteiger partial charge in [0.1, 0.15) is 0 Å². The first-order chi connectivity index (χ1) is 4.28. The maximum absolute atomic E-state index is 8.68. The van der Waals surface area contributed by atoms with E-state index in [0.717, 1.165) is 12.8 Å². The lowest BCUT2D eigenvalue weighted by molar-refractivity contribution is -0.0431. The highest BCUT2D eigenvalue weighted by Gasteiger charge is 2.59. The first kappa shape index (κ1) is 5.25. The molecule has 2 rings (SSSR count). The molecule has 0 aromatic rings. The number of rotatable bonds is 0. The second-order valence-corrected chi connectivity index (χ2v) is 3.28. The molecule has 0 amide bonds. The van der Waals surface area contributed by atoms with Crippen LogP contribution in [-0.4, -0.2) is 6.04 Å². The zero-order valence-corrected chi connectivity index (χ0v) is 5.30. The minimum Gasteiger partial charge on any atom is -0.327 e. The lowest BCUT2D eigenvalue weighted by Gasteiger charge is -2.57. The van der Waals surface area contributed by atoms with E-state index in [0.29, 0.717) is 12.0 Å². The monoisotopic (exact) mass is 122 g/mol. The molecule has 0 aliphatic heterocycles. The van der Waals surface area contributed by atoms with Crippen LogP contribution in [0.25, 0.3) is 0 Å². The highest BCUT2D eigenvalue weighted by molar-refractivity contribution is 5.20. The largest absolute Gasteiger partial charge is 0.327 e. The minimum absolute atomic E-state index is 0.0550. The molecule has 0 aromatic heterocycles. The average molecular weight is 122 g/mol. The summed E-state index contributed by atoms with van der Waals surface area (Å²) in [4.78, 5) is 0. The van der Waals surface area contributed by atoms with Crippen LogP contribution in [0.5, 0.6) is 0 Å². The summed E-state index contributed by atoms with van der Waals surface area (Å²) in [5.74, 6) is 0.558. The van der Waals surface area contributed by atoms with Crippen molar-refractivity contribution in [3.05, 3.63) is 0 Å². The van der Waals surface area contributed by atoms with E-state index in [9.17, 15) is 0 Å². The lowest BCUT2D eigenvalue weighted by Crippen LogP contribution is -2.61. The lowest BCUT2D eigenvalue weighted by atomic mass is 9.46. The van der Waals surface area contributed by atoms with E-state index in [1.165, 1.54) is 6.42 Å². The van der Waals surface area contributed by atoms with Crippen LogP contribution in [0.15, 0.2) is 0 Å². The Labute approximate surface area is 54.6 Å². The van der Waals surface area contributed by atoms with Crippen molar-refractivity contribution in [2.24, 2.45) is 17.1 Å². The van der Waals surface area contributed by atoms with Crippen LogP contribution in [-0.2, 0) is 0 Å². The first-order valence-corrected chi connectivity index (χ1v) is 3.45. The summed E-state index contributed by atoms with van der Waals surface area (Å²) >= 11 is 0. The van der Waals surface area contributed by atoms with E-state index >= 15 is 0 Å². The number of nitrogens with zero attached hydrogens (tertiary/aromatic N) is 1. The van der Waals surface area contributed by atoms with Crippen LogP contribution in [0, 0.1) is 22.7 Å². The Balaban J connectivity index is 2.15. The van der Waals surface area contributed by atoms with Gasteiger partial charge in [-0.25, -0.2) is 0 Å². The molecule has 0 spiro atoms. The number of hydrogen-bond acceptors (Lipinski definition) is 2. The van der Waals surface area contributed by atoms with Crippen molar-refractivity contribution in [1.29, 1.82) is 5.26 Å². The summed E-state index contributed by atoms with van der Waals surface area (Å²) in [7, 11) is 0. The van der Waals surface area contributed by atoms with Gasteiger partial charge in [-0.1, -0.05) is 0 Å². The highest BCUT2D eigenvalue weighted by atomic mass is 14.8. The summed E-state index contributed by atoms with van der Waals surface area (Å²) in [6.07, 6.45) is 3.24. The molecule has 3 unspecified atom stereocenters. The van der Waals surface area contributed by atoms with Gasteiger partial charge >= 0.3 is 0 Å². The SMILES string of the molecule is N#CC12CCC1C(N)C2. The molecule has 2 aliphatic carbocycles. The topological polar surface area (TPSA) is 49.8 Å². The van der Waals surface area contributed by atoms with Gasteiger partial charge in [-0.15, -0.1) is 0 Å². The molecular formula is C7H10N2. The number of fused-ring (bicyclic) bond motifs is 1. The quantitative estimate of drug-likeness (QED) is 0.512. The van der Waals surface area contributed by atoms with Crippen LogP contribution in [0.2, 0.25) is 0 Å². The summed E-state index contributed by atoms with van der Waals surface area (Å²) in [6, 6.07) is 2.71. The summed E-state index contributed by atoms with van der Waals surface area (Å²) in [6.45, 7) is 0. The minimum atomic E-state index is 0.0550. The Morgan fingerprint density at radius 1 is 1.67 bits per heavy atom. The Kier molecular flexibility index (Phi) is 0.758. The number of nitriles is 1. The van der Waals surface area contributed by atoms with E-state index in [-0.39, 0.29) is 5.41 Å². The van der Waals surface area contributed by atoms with Crippen LogP contribution in [0.1, 0.15) is 19.3 Å². The number of hydrogen-bond donors (Lipinski definition) is 1. The van der Waals surface area contributed by atoms with Crippen LogP contribution in [0.3, 0.4) is 0 Å². The average Bonchev–Trinajstić information content (AvgIpc) is 1.81. The third kappa shape index (κ3) is 0.402. The Bertz CT molecular complexity index is 182. The van der Waals surface area contributed by atoms with Crippen LogP contribution in [0.4, 0.5) is 0 Å². The normalized spacial score (nSPS) is 54.2. The molecule has 0 radical (unpaired) electrons. The molecule has 2 heteroatoms. The fourth-order valence-corrected chi connectivity index (χ4v) is 2.12. The zero-order valence-electron chi connectivity index (χ0n) is 5.30. The summed E-state index contributed by atoms with van der Waals surface area (Å²) < 4.78 is 0. The molecule has 2 nitrogen and oxygen atoms in total. The molecule has 0 saturated heterocycles. The second-order valence-electron chi connectivity index (χ2n) is 3.28. The van der Waals surface area contributed by atoms with Crippen molar-refractivity contribution < 1.29 is 0 Å². The standard InChI is InChI=1S/C7H10N2/c8-4-7-2-1-5(7)6(9)3-7/h5-6H,1-3,9H2. The molecule has 9 heavy (non-hydrogen) atoms. The van der Waals surface area contributed by atoms with E-state index in [2.05, 4.69) is 6.07 Å². The van der Waals surface area contributed by atoms with Gasteiger partial charge < -0.3 is 5.73 Å². The molecule has 48 valence electrons. The Morgan fingerprint density at radius 2 is 2.44 bits per heavy atom. The van der Waals surface area contributed by atoms with Crippen molar-refractivity contribution in [1.82, 2.24) is 0 Å². The smallest absolute Gasteiger partial charge is 0.0693 e. The summed E-state index contributed by atoms with van der Waals surface area (Å²) in [5.41, 5.74) is 5.73. The van der Waals surface area contributed by atoms with Gasteiger partial charge in [0.15, 0.2) is 0 Å². The second kappa shape index (κ2) is 1.30. The molecule has 2 aliphatic rings. The van der Waals surface area contributed by atoms with E-state index < -0.39 is 0 Å². The zero-order chi connectivity index (χ0) is 6.48. The van der Waals surface area contributed by atoms with Crippen molar-refractivity contribution in [3.8, 4) is 6.07 Å². The van der Waals surface area contributed by atoms with Gasteiger partial charge in [0.05, 0.1) is 11.5 Å². The third-order valence-electron chi connectivity index (χ3n) is 2.95. The van der Waals surface area contributed by atoms with E-state index in [1.807, 2.05) is 0 Å². The fraction of sp³-hybridized carbons (Fsp3) is 0.857. The van der Waals surface area contributed by atoms with Gasteiger partial charge in [0.25, 0.3) is 0 Å². The third-order valence-corrected chi connectivity index (χ3v) is 2.95. The van der Waals surface area contributed by atoms with Gasteiger partial charge in [-0.3, -0.25) is 0 Å².